The zero-order chi connectivity index (χ0) is 15.5. The summed E-state index contributed by atoms with van der Waals surface area (Å²) in [6, 6.07) is 16.0. The molecule has 0 amide bonds. The molecule has 0 radical (unpaired) electrons. The summed E-state index contributed by atoms with van der Waals surface area (Å²) in [5, 5.41) is 15.5. The highest BCUT2D eigenvalue weighted by Crippen LogP contribution is 2.19. The number of nitriles is 1. The molecule has 0 saturated carbocycles. The zero-order valence-electron chi connectivity index (χ0n) is 11.3. The normalized spacial score (nSPS) is 11.8. The molecule has 1 heterocycles. The molecule has 0 bridgehead atoms. The van der Waals surface area contributed by atoms with Gasteiger partial charge in [0.05, 0.1) is 22.4 Å². The molecule has 3 rings (SSSR count). The lowest BCUT2D eigenvalue weighted by atomic mass is 10.2. The van der Waals surface area contributed by atoms with E-state index in [1.54, 1.807) is 47.3 Å². The Morgan fingerprint density at radius 3 is 2.59 bits per heavy atom. The van der Waals surface area contributed by atoms with Gasteiger partial charge in [-0.15, -0.1) is 0 Å². The summed E-state index contributed by atoms with van der Waals surface area (Å²) in [5.74, 6) is 0. The predicted octanol–water partition coefficient (Wildman–Crippen LogP) is 2.97. The quantitative estimate of drug-likeness (QED) is 0.751. The van der Waals surface area contributed by atoms with Gasteiger partial charge >= 0.3 is 0 Å². The molecule has 0 spiro atoms. The second kappa shape index (κ2) is 6.05. The highest BCUT2D eigenvalue weighted by atomic mass is 32.2. The van der Waals surface area contributed by atoms with Crippen LogP contribution in [0.5, 0.6) is 0 Å². The molecule has 0 aliphatic heterocycles. The van der Waals surface area contributed by atoms with Crippen LogP contribution >= 0.6 is 12.2 Å². The number of aromatic nitrogens is 3. The summed E-state index contributed by atoms with van der Waals surface area (Å²) in [6.45, 7) is 0. The first-order chi connectivity index (χ1) is 10.7. The fraction of sp³-hybridized carbons (Fsp3) is 0. The summed E-state index contributed by atoms with van der Waals surface area (Å²) in [6.07, 6.45) is 1.59. The van der Waals surface area contributed by atoms with Gasteiger partial charge in [0.2, 0.25) is 0 Å². The molecule has 1 unspecified atom stereocenters. The second-order valence-electron chi connectivity index (χ2n) is 4.43. The van der Waals surface area contributed by atoms with Crippen LogP contribution in [-0.2, 0) is 10.8 Å². The van der Waals surface area contributed by atoms with Crippen LogP contribution in [-0.4, -0.2) is 19.0 Å². The fourth-order valence-corrected chi connectivity index (χ4v) is 3.28. The van der Waals surface area contributed by atoms with Gasteiger partial charge in [-0.05, 0) is 54.7 Å². The molecular formula is C15H10N4OS2. The van der Waals surface area contributed by atoms with Crippen molar-refractivity contribution in [3.8, 4) is 11.8 Å². The van der Waals surface area contributed by atoms with E-state index in [4.69, 9.17) is 17.5 Å². The van der Waals surface area contributed by atoms with Crippen LogP contribution in [0.15, 0.2) is 64.6 Å². The Bertz CT molecular complexity index is 935. The van der Waals surface area contributed by atoms with Crippen molar-refractivity contribution in [3.63, 3.8) is 0 Å². The Morgan fingerprint density at radius 2 is 1.95 bits per heavy atom. The Labute approximate surface area is 134 Å². The topological polar surface area (TPSA) is 74.5 Å². The van der Waals surface area contributed by atoms with Gasteiger partial charge in [-0.3, -0.25) is 9.67 Å². The van der Waals surface area contributed by atoms with Crippen molar-refractivity contribution in [3.05, 3.63) is 65.2 Å². The number of rotatable bonds is 3. The van der Waals surface area contributed by atoms with E-state index in [0.29, 0.717) is 20.1 Å². The van der Waals surface area contributed by atoms with Crippen LogP contribution < -0.4 is 0 Å². The maximum atomic E-state index is 12.5. The van der Waals surface area contributed by atoms with Crippen molar-refractivity contribution in [1.29, 1.82) is 5.26 Å². The largest absolute Gasteiger partial charge is 0.275 e. The number of benzene rings is 2. The Hall–Kier alpha value is -2.56. The number of hydrogen-bond acceptors (Lipinski definition) is 4. The summed E-state index contributed by atoms with van der Waals surface area (Å²) in [7, 11) is -1.33. The molecule has 5 nitrogen and oxygen atoms in total. The van der Waals surface area contributed by atoms with Crippen molar-refractivity contribution in [2.45, 2.75) is 9.79 Å². The van der Waals surface area contributed by atoms with E-state index >= 15 is 0 Å². The van der Waals surface area contributed by atoms with Crippen LogP contribution in [0.2, 0.25) is 0 Å². The highest BCUT2D eigenvalue weighted by Gasteiger charge is 2.08. The Kier molecular flexibility index (Phi) is 3.96. The van der Waals surface area contributed by atoms with Crippen molar-refractivity contribution >= 4 is 23.0 Å². The van der Waals surface area contributed by atoms with Gasteiger partial charge in [-0.2, -0.15) is 10.4 Å². The zero-order valence-corrected chi connectivity index (χ0v) is 12.9. The minimum Gasteiger partial charge on any atom is -0.275 e. The Balaban J connectivity index is 1.93. The third-order valence-corrected chi connectivity index (χ3v) is 4.73. The average Bonchev–Trinajstić information content (AvgIpc) is 3.00. The van der Waals surface area contributed by atoms with Gasteiger partial charge in [-0.1, -0.05) is 6.07 Å². The summed E-state index contributed by atoms with van der Waals surface area (Å²) in [4.78, 5) is 1.26. The first-order valence-corrected chi connectivity index (χ1v) is 7.89. The van der Waals surface area contributed by atoms with Crippen LogP contribution in [0.3, 0.4) is 0 Å². The summed E-state index contributed by atoms with van der Waals surface area (Å²) in [5.41, 5.74) is 1.33. The fourth-order valence-electron chi connectivity index (χ4n) is 1.98. The van der Waals surface area contributed by atoms with Gasteiger partial charge in [0.15, 0.2) is 4.77 Å². The molecule has 1 N–H and O–H groups in total. The third-order valence-electron chi connectivity index (χ3n) is 3.06. The number of nitrogens with zero attached hydrogens (tertiary/aromatic N) is 3. The minimum atomic E-state index is -1.33. The van der Waals surface area contributed by atoms with E-state index in [-0.39, 0.29) is 0 Å². The number of H-pyrrole nitrogens is 1. The first kappa shape index (κ1) is 14.4. The maximum Gasteiger partial charge on any atom is 0.199 e. The summed E-state index contributed by atoms with van der Waals surface area (Å²) < 4.78 is 14.8. The molecule has 2 aromatic carbocycles. The lowest BCUT2D eigenvalue weighted by Crippen LogP contribution is -1.96. The minimum absolute atomic E-state index is 0.493. The third kappa shape index (κ3) is 2.74. The van der Waals surface area contributed by atoms with Crippen molar-refractivity contribution in [2.75, 3.05) is 0 Å². The lowest BCUT2D eigenvalue weighted by molar-refractivity contribution is 0.683. The SMILES string of the molecule is N#Cc1cccc(S(=O)c2ccc(-n3cn[nH]c3=S)cc2)c1. The van der Waals surface area contributed by atoms with E-state index in [2.05, 4.69) is 10.2 Å². The van der Waals surface area contributed by atoms with Gasteiger partial charge in [0.25, 0.3) is 0 Å². The molecule has 0 aliphatic rings. The smallest absolute Gasteiger partial charge is 0.199 e. The maximum absolute atomic E-state index is 12.5. The van der Waals surface area contributed by atoms with E-state index in [1.165, 1.54) is 0 Å². The predicted molar refractivity (Wildman–Crippen MR) is 84.6 cm³/mol. The van der Waals surface area contributed by atoms with Gasteiger partial charge in [0.1, 0.15) is 6.33 Å². The van der Waals surface area contributed by atoms with Crippen LogP contribution in [0, 0.1) is 16.1 Å². The lowest BCUT2D eigenvalue weighted by Gasteiger charge is -2.05. The molecule has 7 heteroatoms. The van der Waals surface area contributed by atoms with E-state index < -0.39 is 10.8 Å². The number of nitrogens with one attached hydrogen (secondary N) is 1. The first-order valence-electron chi connectivity index (χ1n) is 6.33. The molecule has 3 aromatic rings. The Morgan fingerprint density at radius 1 is 1.18 bits per heavy atom. The van der Waals surface area contributed by atoms with Gasteiger partial charge in [-0.25, -0.2) is 4.21 Å². The van der Waals surface area contributed by atoms with Crippen LogP contribution in [0.25, 0.3) is 5.69 Å². The van der Waals surface area contributed by atoms with Gasteiger partial charge in [0, 0.05) is 15.5 Å². The average molecular weight is 326 g/mol. The number of hydrogen-bond donors (Lipinski definition) is 1. The standard InChI is InChI=1S/C15H10N4OS2/c16-9-11-2-1-3-14(8-11)22(20)13-6-4-12(5-7-13)19-10-17-18-15(19)21/h1-8,10H,(H,18,21). The highest BCUT2D eigenvalue weighted by molar-refractivity contribution is 7.85. The molecule has 0 saturated heterocycles. The molecule has 1 aromatic heterocycles. The van der Waals surface area contributed by atoms with E-state index in [1.807, 2.05) is 18.2 Å². The van der Waals surface area contributed by atoms with Crippen molar-refractivity contribution in [1.82, 2.24) is 14.8 Å². The van der Waals surface area contributed by atoms with E-state index in [9.17, 15) is 4.21 Å². The molecule has 22 heavy (non-hydrogen) atoms. The molecule has 1 atom stereocenters. The monoisotopic (exact) mass is 326 g/mol. The van der Waals surface area contributed by atoms with Crippen LogP contribution in [0.1, 0.15) is 5.56 Å². The molecule has 0 aliphatic carbocycles. The summed E-state index contributed by atoms with van der Waals surface area (Å²) >= 11 is 5.11. The van der Waals surface area contributed by atoms with Crippen LogP contribution in [0.4, 0.5) is 0 Å². The van der Waals surface area contributed by atoms with E-state index in [0.717, 1.165) is 5.69 Å². The molecule has 108 valence electrons. The van der Waals surface area contributed by atoms with Crippen molar-refractivity contribution < 1.29 is 4.21 Å². The second-order valence-corrected chi connectivity index (χ2v) is 6.30. The molecular weight excluding hydrogens is 316 g/mol. The molecule has 0 fully saturated rings. The van der Waals surface area contributed by atoms with Gasteiger partial charge < -0.3 is 0 Å². The van der Waals surface area contributed by atoms with Crippen molar-refractivity contribution in [2.24, 2.45) is 0 Å². The number of aromatic amines is 1.